The number of ether oxygens (including phenoxy) is 1. The molecule has 2 aromatic rings. The summed E-state index contributed by atoms with van der Waals surface area (Å²) in [7, 11) is 0. The van der Waals surface area contributed by atoms with Gasteiger partial charge in [0.1, 0.15) is 11.3 Å². The van der Waals surface area contributed by atoms with E-state index in [1.165, 1.54) is 18.3 Å². The molecule has 0 saturated carbocycles. The van der Waals surface area contributed by atoms with Gasteiger partial charge in [0, 0.05) is 19.0 Å². The van der Waals surface area contributed by atoms with Crippen LogP contribution in [-0.2, 0) is 22.4 Å². The van der Waals surface area contributed by atoms with Gasteiger partial charge in [-0.25, -0.2) is 9.78 Å². The molecule has 2 N–H and O–H groups in total. The second-order valence-corrected chi connectivity index (χ2v) is 6.48. The lowest BCUT2D eigenvalue weighted by atomic mass is 9.95. The van der Waals surface area contributed by atoms with E-state index in [-0.39, 0.29) is 17.5 Å². The average molecular weight is 340 g/mol. The van der Waals surface area contributed by atoms with Crippen LogP contribution < -0.4 is 5.32 Å². The molecule has 0 unspecified atom stereocenters. The molecule has 6 heteroatoms. The topological polar surface area (TPSA) is 88.5 Å². The van der Waals surface area contributed by atoms with Gasteiger partial charge in [-0.05, 0) is 37.1 Å². The van der Waals surface area contributed by atoms with E-state index in [1.54, 1.807) is 13.8 Å². The van der Waals surface area contributed by atoms with Crippen molar-refractivity contribution in [1.82, 2.24) is 10.3 Å². The molecule has 0 aliphatic heterocycles. The maximum absolute atomic E-state index is 12.8. The largest absolute Gasteiger partial charge is 0.505 e. The monoisotopic (exact) mass is 340 g/mol. The second-order valence-electron chi connectivity index (χ2n) is 6.48. The first kappa shape index (κ1) is 17.0. The summed E-state index contributed by atoms with van der Waals surface area (Å²) >= 11 is 0. The number of aromatic nitrogens is 1. The van der Waals surface area contributed by atoms with Crippen molar-refractivity contribution in [1.29, 1.82) is 0 Å². The quantitative estimate of drug-likeness (QED) is 0.831. The van der Waals surface area contributed by atoms with E-state index in [0.29, 0.717) is 12.8 Å². The number of rotatable bonds is 4. The summed E-state index contributed by atoms with van der Waals surface area (Å²) in [6.45, 7) is 3.53. The normalized spacial score (nSPS) is 14.8. The molecular weight excluding hydrogens is 320 g/mol. The highest BCUT2D eigenvalue weighted by Crippen LogP contribution is 2.32. The van der Waals surface area contributed by atoms with Crippen LogP contribution in [0.5, 0.6) is 5.75 Å². The minimum Gasteiger partial charge on any atom is -0.505 e. The zero-order valence-corrected chi connectivity index (χ0v) is 14.2. The summed E-state index contributed by atoms with van der Waals surface area (Å²) in [6, 6.07) is 10.6. The lowest BCUT2D eigenvalue weighted by Crippen LogP contribution is -2.56. The van der Waals surface area contributed by atoms with Gasteiger partial charge in [-0.3, -0.25) is 4.79 Å². The van der Waals surface area contributed by atoms with Crippen molar-refractivity contribution >= 4 is 11.9 Å². The van der Waals surface area contributed by atoms with Crippen LogP contribution >= 0.6 is 0 Å². The number of hydrogen-bond donors (Lipinski definition) is 2. The fourth-order valence-electron chi connectivity index (χ4n) is 3.07. The number of pyridine rings is 1. The van der Waals surface area contributed by atoms with Crippen molar-refractivity contribution in [2.45, 2.75) is 38.3 Å². The molecule has 0 saturated heterocycles. The van der Waals surface area contributed by atoms with Crippen LogP contribution in [-0.4, -0.2) is 33.6 Å². The van der Waals surface area contributed by atoms with E-state index in [1.807, 2.05) is 24.3 Å². The van der Waals surface area contributed by atoms with Crippen molar-refractivity contribution in [3.63, 3.8) is 0 Å². The molecule has 1 amide bonds. The third kappa shape index (κ3) is 3.33. The molecule has 0 atom stereocenters. The molecule has 25 heavy (non-hydrogen) atoms. The minimum atomic E-state index is -1.20. The number of carbonyl (C=O) groups is 2. The van der Waals surface area contributed by atoms with Crippen molar-refractivity contribution < 1.29 is 19.4 Å². The Morgan fingerprint density at radius 2 is 1.80 bits per heavy atom. The summed E-state index contributed by atoms with van der Waals surface area (Å²) in [6.07, 6.45) is 1.80. The molecule has 1 aliphatic rings. The Morgan fingerprint density at radius 1 is 1.16 bits per heavy atom. The van der Waals surface area contributed by atoms with Gasteiger partial charge in [-0.2, -0.15) is 0 Å². The molecule has 6 nitrogen and oxygen atoms in total. The van der Waals surface area contributed by atoms with Crippen LogP contribution in [0.2, 0.25) is 0 Å². The van der Waals surface area contributed by atoms with Gasteiger partial charge in [0.25, 0.3) is 5.91 Å². The highest BCUT2D eigenvalue weighted by molar-refractivity contribution is 5.99. The van der Waals surface area contributed by atoms with Crippen molar-refractivity contribution in [3.8, 4) is 5.75 Å². The molecule has 1 aliphatic carbocycles. The van der Waals surface area contributed by atoms with Crippen molar-refractivity contribution in [2.75, 3.05) is 0 Å². The molecule has 0 fully saturated rings. The number of carbonyl (C=O) groups excluding carboxylic acids is 2. The fraction of sp³-hybridized carbons (Fsp3) is 0.316. The van der Waals surface area contributed by atoms with Gasteiger partial charge in [0.2, 0.25) is 0 Å². The Kier molecular flexibility index (Phi) is 4.44. The Labute approximate surface area is 145 Å². The molecule has 1 heterocycles. The number of esters is 1. The van der Waals surface area contributed by atoms with Crippen LogP contribution in [0.4, 0.5) is 0 Å². The maximum Gasteiger partial charge on any atom is 0.332 e. The summed E-state index contributed by atoms with van der Waals surface area (Å²) in [5.74, 6) is -1.32. The molecule has 130 valence electrons. The Bertz CT molecular complexity index is 792. The van der Waals surface area contributed by atoms with E-state index in [0.717, 1.165) is 11.1 Å². The molecule has 0 radical (unpaired) electrons. The second kappa shape index (κ2) is 6.55. The predicted molar refractivity (Wildman–Crippen MR) is 91.2 cm³/mol. The fourth-order valence-corrected chi connectivity index (χ4v) is 3.07. The first-order chi connectivity index (χ1) is 11.9. The van der Waals surface area contributed by atoms with Gasteiger partial charge < -0.3 is 15.2 Å². The number of aromatic hydroxyl groups is 1. The smallest absolute Gasteiger partial charge is 0.332 e. The number of nitrogens with zero attached hydrogens (tertiary/aromatic N) is 1. The van der Waals surface area contributed by atoms with Crippen LogP contribution in [0.3, 0.4) is 0 Å². The minimum absolute atomic E-state index is 0.116. The number of fused-ring (bicyclic) bond motifs is 1. The standard InChI is InChI=1S/C19H20N2O4/c1-12(2)25-18(24)19(10-13-6-3-4-7-14(13)11-19)21-17(23)16-15(22)8-5-9-20-16/h3-9,12,22H,10-11H2,1-2H3,(H,21,23). The SMILES string of the molecule is CC(C)OC(=O)C1(NC(=O)c2ncccc2O)Cc2ccccc2C1. The molecule has 0 bridgehead atoms. The van der Waals surface area contributed by atoms with Crippen molar-refractivity contribution in [3.05, 3.63) is 59.4 Å². The van der Waals surface area contributed by atoms with E-state index in [4.69, 9.17) is 4.74 Å². The van der Waals surface area contributed by atoms with E-state index in [2.05, 4.69) is 10.3 Å². The Hall–Kier alpha value is -2.89. The summed E-state index contributed by atoms with van der Waals surface area (Å²) in [5, 5.41) is 12.6. The third-order valence-electron chi connectivity index (χ3n) is 4.19. The number of nitrogens with one attached hydrogen (secondary N) is 1. The van der Waals surface area contributed by atoms with Gasteiger partial charge in [-0.1, -0.05) is 24.3 Å². The van der Waals surface area contributed by atoms with E-state index < -0.39 is 17.4 Å². The van der Waals surface area contributed by atoms with Gasteiger partial charge in [-0.15, -0.1) is 0 Å². The van der Waals surface area contributed by atoms with Gasteiger partial charge in [0.15, 0.2) is 5.69 Å². The zero-order valence-electron chi connectivity index (χ0n) is 14.2. The highest BCUT2D eigenvalue weighted by atomic mass is 16.5. The molecule has 0 spiro atoms. The Morgan fingerprint density at radius 3 is 2.36 bits per heavy atom. The number of amides is 1. The highest BCUT2D eigenvalue weighted by Gasteiger charge is 2.47. The van der Waals surface area contributed by atoms with Crippen molar-refractivity contribution in [2.24, 2.45) is 0 Å². The number of benzene rings is 1. The maximum atomic E-state index is 12.8. The van der Waals surface area contributed by atoms with E-state index >= 15 is 0 Å². The van der Waals surface area contributed by atoms with Crippen LogP contribution in [0.25, 0.3) is 0 Å². The molecular formula is C19H20N2O4. The van der Waals surface area contributed by atoms with Crippen LogP contribution in [0.15, 0.2) is 42.6 Å². The lowest BCUT2D eigenvalue weighted by molar-refractivity contribution is -0.154. The first-order valence-corrected chi connectivity index (χ1v) is 8.16. The van der Waals surface area contributed by atoms with Gasteiger partial charge in [0.05, 0.1) is 6.10 Å². The summed E-state index contributed by atoms with van der Waals surface area (Å²) < 4.78 is 5.40. The predicted octanol–water partition coefficient (Wildman–Crippen LogP) is 2.01. The molecule has 3 rings (SSSR count). The van der Waals surface area contributed by atoms with Gasteiger partial charge >= 0.3 is 5.97 Å². The average Bonchev–Trinajstić information content (AvgIpc) is 2.94. The van der Waals surface area contributed by atoms with E-state index in [9.17, 15) is 14.7 Å². The lowest BCUT2D eigenvalue weighted by Gasteiger charge is -2.29. The van der Waals surface area contributed by atoms with Crippen LogP contribution in [0.1, 0.15) is 35.5 Å². The first-order valence-electron chi connectivity index (χ1n) is 8.16. The zero-order chi connectivity index (χ0) is 18.0. The third-order valence-corrected chi connectivity index (χ3v) is 4.19. The number of hydrogen-bond acceptors (Lipinski definition) is 5. The summed E-state index contributed by atoms with van der Waals surface area (Å²) in [5.41, 5.74) is 0.673. The molecule has 1 aromatic carbocycles. The Balaban J connectivity index is 1.92. The van der Waals surface area contributed by atoms with Crippen LogP contribution in [0, 0.1) is 0 Å². The summed E-state index contributed by atoms with van der Waals surface area (Å²) in [4.78, 5) is 29.3. The molecule has 1 aromatic heterocycles.